The molecule has 0 spiro atoms. The van der Waals surface area contributed by atoms with E-state index < -0.39 is 0 Å². The minimum absolute atomic E-state index is 0.0462. The van der Waals surface area contributed by atoms with Gasteiger partial charge in [-0.15, -0.1) is 0 Å². The van der Waals surface area contributed by atoms with Crippen LogP contribution in [0.25, 0.3) is 0 Å². The average molecular weight is 416 g/mol. The highest BCUT2D eigenvalue weighted by atomic mass is 16.5. The standard InChI is InChI=1S/C23H33N3O4/c1-5-24-10-12-25(13-11-24)22(18-6-8-19(30-4)9-7-18)21-20(27)16-17(2)26(23(21)28)14-15-29-3/h6-9,16,22,27H,5,10-15H2,1-4H3/t22-/m0/s1. The number of ether oxygens (including phenoxy) is 2. The molecule has 1 N–H and O–H groups in total. The van der Waals surface area contributed by atoms with Crippen molar-refractivity contribution < 1.29 is 14.6 Å². The summed E-state index contributed by atoms with van der Waals surface area (Å²) in [5.41, 5.74) is 1.95. The van der Waals surface area contributed by atoms with E-state index in [2.05, 4.69) is 16.7 Å². The monoisotopic (exact) mass is 415 g/mol. The summed E-state index contributed by atoms with van der Waals surface area (Å²) in [4.78, 5) is 18.2. The average Bonchev–Trinajstić information content (AvgIpc) is 2.76. The SMILES string of the molecule is CCN1CCN([C@@H](c2ccc(OC)cc2)c2c(O)cc(C)n(CCOC)c2=O)CC1. The number of rotatable bonds is 8. The third-order valence-corrected chi connectivity index (χ3v) is 5.97. The molecule has 2 heterocycles. The number of aromatic nitrogens is 1. The van der Waals surface area contributed by atoms with Crippen LogP contribution in [0.4, 0.5) is 0 Å². The van der Waals surface area contributed by atoms with Gasteiger partial charge in [-0.05, 0) is 37.2 Å². The molecule has 1 aliphatic heterocycles. The number of nitrogens with zero attached hydrogens (tertiary/aromatic N) is 3. The summed E-state index contributed by atoms with van der Waals surface area (Å²) in [5.74, 6) is 0.809. The summed E-state index contributed by atoms with van der Waals surface area (Å²) in [6.45, 7) is 9.44. The summed E-state index contributed by atoms with van der Waals surface area (Å²) in [7, 11) is 3.26. The van der Waals surface area contributed by atoms with Crippen LogP contribution in [0.15, 0.2) is 35.1 Å². The summed E-state index contributed by atoms with van der Waals surface area (Å²) < 4.78 is 12.2. The highest BCUT2D eigenvalue weighted by Crippen LogP contribution is 2.34. The maximum Gasteiger partial charge on any atom is 0.259 e. The van der Waals surface area contributed by atoms with Crippen molar-refractivity contribution in [3.8, 4) is 11.5 Å². The Kier molecular flexibility index (Phi) is 7.53. The van der Waals surface area contributed by atoms with E-state index in [-0.39, 0.29) is 17.4 Å². The first-order valence-corrected chi connectivity index (χ1v) is 10.5. The molecule has 1 aliphatic rings. The summed E-state index contributed by atoms with van der Waals surface area (Å²) in [5, 5.41) is 10.9. The van der Waals surface area contributed by atoms with Crippen LogP contribution in [0, 0.1) is 6.92 Å². The molecule has 1 aromatic heterocycles. The summed E-state index contributed by atoms with van der Waals surface area (Å²) >= 11 is 0. The number of benzene rings is 1. The second-order valence-corrected chi connectivity index (χ2v) is 7.68. The van der Waals surface area contributed by atoms with E-state index in [0.717, 1.165) is 49.7 Å². The molecule has 1 aromatic carbocycles. The second-order valence-electron chi connectivity index (χ2n) is 7.68. The number of likely N-dealkylation sites (N-methyl/N-ethyl adjacent to an activating group) is 1. The van der Waals surface area contributed by atoms with Crippen LogP contribution in [0.3, 0.4) is 0 Å². The molecule has 30 heavy (non-hydrogen) atoms. The first-order valence-electron chi connectivity index (χ1n) is 10.5. The number of aromatic hydroxyl groups is 1. The van der Waals surface area contributed by atoms with Gasteiger partial charge in [0.1, 0.15) is 11.5 Å². The van der Waals surface area contributed by atoms with Crippen LogP contribution >= 0.6 is 0 Å². The fourth-order valence-electron chi connectivity index (χ4n) is 4.17. The van der Waals surface area contributed by atoms with Gasteiger partial charge in [0.15, 0.2) is 0 Å². The lowest BCUT2D eigenvalue weighted by atomic mass is 9.96. The number of methoxy groups -OCH3 is 2. The van der Waals surface area contributed by atoms with Gasteiger partial charge >= 0.3 is 0 Å². The zero-order valence-corrected chi connectivity index (χ0v) is 18.4. The Balaban J connectivity index is 2.08. The fourth-order valence-corrected chi connectivity index (χ4v) is 4.17. The number of hydrogen-bond donors (Lipinski definition) is 1. The highest BCUT2D eigenvalue weighted by molar-refractivity contribution is 5.42. The van der Waals surface area contributed by atoms with E-state index in [1.54, 1.807) is 24.9 Å². The minimum atomic E-state index is -0.322. The van der Waals surface area contributed by atoms with Gasteiger partial charge in [0, 0.05) is 45.5 Å². The molecular formula is C23H33N3O4. The molecular weight excluding hydrogens is 382 g/mol. The molecule has 0 unspecified atom stereocenters. The Labute approximate surface area is 178 Å². The first-order chi connectivity index (χ1) is 14.5. The molecule has 3 rings (SSSR count). The Hall–Kier alpha value is -2.35. The smallest absolute Gasteiger partial charge is 0.259 e. The maximum absolute atomic E-state index is 13.5. The van der Waals surface area contributed by atoms with Gasteiger partial charge in [0.25, 0.3) is 5.56 Å². The second kappa shape index (κ2) is 10.1. The molecule has 1 saturated heterocycles. The molecule has 1 atom stereocenters. The van der Waals surface area contributed by atoms with Crippen LogP contribution in [0.1, 0.15) is 29.8 Å². The number of hydrogen-bond acceptors (Lipinski definition) is 6. The molecule has 1 fully saturated rings. The van der Waals surface area contributed by atoms with Crippen molar-refractivity contribution >= 4 is 0 Å². The molecule has 0 radical (unpaired) electrons. The molecule has 0 saturated carbocycles. The van der Waals surface area contributed by atoms with Crippen LogP contribution in [-0.4, -0.2) is 73.0 Å². The van der Waals surface area contributed by atoms with Crippen LogP contribution in [0.5, 0.6) is 11.5 Å². The molecule has 0 aliphatic carbocycles. The topological polar surface area (TPSA) is 67.2 Å². The van der Waals surface area contributed by atoms with Gasteiger partial charge in [-0.1, -0.05) is 19.1 Å². The Morgan fingerprint density at radius 3 is 2.33 bits per heavy atom. The van der Waals surface area contributed by atoms with Gasteiger partial charge in [-0.3, -0.25) is 9.69 Å². The zero-order valence-electron chi connectivity index (χ0n) is 18.4. The van der Waals surface area contributed by atoms with Crippen molar-refractivity contribution in [1.29, 1.82) is 0 Å². The zero-order chi connectivity index (χ0) is 21.7. The minimum Gasteiger partial charge on any atom is -0.507 e. The van der Waals surface area contributed by atoms with Gasteiger partial charge < -0.3 is 24.0 Å². The summed E-state index contributed by atoms with van der Waals surface area (Å²) in [6.07, 6.45) is 0. The van der Waals surface area contributed by atoms with E-state index >= 15 is 0 Å². The van der Waals surface area contributed by atoms with E-state index in [4.69, 9.17) is 9.47 Å². The third kappa shape index (κ3) is 4.69. The number of aryl methyl sites for hydroxylation is 1. The Bertz CT molecular complexity index is 887. The van der Waals surface area contributed by atoms with Crippen molar-refractivity contribution in [3.05, 3.63) is 57.5 Å². The van der Waals surface area contributed by atoms with Crippen molar-refractivity contribution in [3.63, 3.8) is 0 Å². The molecule has 0 amide bonds. The van der Waals surface area contributed by atoms with Crippen molar-refractivity contribution in [2.45, 2.75) is 26.4 Å². The van der Waals surface area contributed by atoms with Gasteiger partial charge in [0.05, 0.1) is 25.3 Å². The first kappa shape index (κ1) is 22.3. The molecule has 164 valence electrons. The van der Waals surface area contributed by atoms with Gasteiger partial charge in [-0.25, -0.2) is 0 Å². The maximum atomic E-state index is 13.5. The predicted octanol–water partition coefficient (Wildman–Crippen LogP) is 2.24. The third-order valence-electron chi connectivity index (χ3n) is 5.97. The molecule has 0 bridgehead atoms. The Morgan fingerprint density at radius 2 is 1.77 bits per heavy atom. The van der Waals surface area contributed by atoms with E-state index in [9.17, 15) is 9.90 Å². The van der Waals surface area contributed by atoms with Crippen molar-refractivity contribution in [2.24, 2.45) is 0 Å². The highest BCUT2D eigenvalue weighted by Gasteiger charge is 2.31. The summed E-state index contributed by atoms with van der Waals surface area (Å²) in [6, 6.07) is 9.13. The lowest BCUT2D eigenvalue weighted by Gasteiger charge is -2.39. The molecule has 7 heteroatoms. The van der Waals surface area contributed by atoms with E-state index in [0.29, 0.717) is 18.7 Å². The van der Waals surface area contributed by atoms with Crippen LogP contribution in [-0.2, 0) is 11.3 Å². The lowest BCUT2D eigenvalue weighted by molar-refractivity contribution is 0.111. The lowest BCUT2D eigenvalue weighted by Crippen LogP contribution is -2.48. The Morgan fingerprint density at radius 1 is 1.10 bits per heavy atom. The van der Waals surface area contributed by atoms with E-state index in [1.165, 1.54) is 0 Å². The molecule has 7 nitrogen and oxygen atoms in total. The van der Waals surface area contributed by atoms with E-state index in [1.807, 2.05) is 31.2 Å². The number of piperazine rings is 1. The largest absolute Gasteiger partial charge is 0.507 e. The van der Waals surface area contributed by atoms with Crippen LogP contribution < -0.4 is 10.3 Å². The molecule has 2 aromatic rings. The van der Waals surface area contributed by atoms with Crippen LogP contribution in [0.2, 0.25) is 0 Å². The predicted molar refractivity (Wildman–Crippen MR) is 118 cm³/mol. The van der Waals surface area contributed by atoms with Crippen molar-refractivity contribution in [2.75, 3.05) is 53.6 Å². The quantitative estimate of drug-likeness (QED) is 0.713. The normalized spacial score (nSPS) is 16.5. The number of pyridine rings is 1. The van der Waals surface area contributed by atoms with Crippen molar-refractivity contribution in [1.82, 2.24) is 14.4 Å². The van der Waals surface area contributed by atoms with Gasteiger partial charge in [0.2, 0.25) is 0 Å². The fraction of sp³-hybridized carbons (Fsp3) is 0.522. The van der Waals surface area contributed by atoms with Gasteiger partial charge in [-0.2, -0.15) is 0 Å².